The smallest absolute Gasteiger partial charge is 0.241 e. The summed E-state index contributed by atoms with van der Waals surface area (Å²) in [5.74, 6) is -2.32. The highest BCUT2D eigenvalue weighted by Crippen LogP contribution is 2.64. The molecule has 5 atom stereocenters. The van der Waals surface area contributed by atoms with Crippen molar-refractivity contribution in [2.75, 3.05) is 16.8 Å². The molecule has 7 nitrogen and oxygen atoms in total. The minimum absolute atomic E-state index is 0.0741. The summed E-state index contributed by atoms with van der Waals surface area (Å²) in [6.07, 6.45) is -0.500. The van der Waals surface area contributed by atoms with Crippen LogP contribution >= 0.6 is 46.4 Å². The Morgan fingerprint density at radius 3 is 2.47 bits per heavy atom. The molecular formula is C23H20Cl4N4O3. The normalized spacial score (nSPS) is 33.4. The lowest BCUT2D eigenvalue weighted by atomic mass is 9.73. The van der Waals surface area contributed by atoms with Crippen molar-refractivity contribution in [3.63, 3.8) is 0 Å². The Morgan fingerprint density at radius 2 is 1.76 bits per heavy atom. The molecule has 2 N–H and O–H groups in total. The van der Waals surface area contributed by atoms with Gasteiger partial charge in [0.15, 0.2) is 0 Å². The zero-order valence-corrected chi connectivity index (χ0v) is 21.2. The number of carbonyl (C=O) groups excluding carboxylic acids is 2. The van der Waals surface area contributed by atoms with Gasteiger partial charge in [-0.05, 0) is 30.0 Å². The third-order valence-electron chi connectivity index (χ3n) is 7.63. The number of imide groups is 1. The number of nitrogens with one attached hydrogen (secondary N) is 1. The lowest BCUT2D eigenvalue weighted by Gasteiger charge is -2.41. The molecule has 34 heavy (non-hydrogen) atoms. The molecule has 5 heterocycles. The largest absolute Gasteiger partial charge is 0.371 e. The second-order valence-electron chi connectivity index (χ2n) is 10.2. The topological polar surface area (TPSA) is 85.8 Å². The Morgan fingerprint density at radius 1 is 1.06 bits per heavy atom. The van der Waals surface area contributed by atoms with Gasteiger partial charge in [-0.2, -0.15) is 0 Å². The molecule has 2 amide bonds. The number of hydrogen-bond acceptors (Lipinski definition) is 6. The number of pyridine rings is 1. The molecule has 1 spiro atoms. The first-order chi connectivity index (χ1) is 16.0. The van der Waals surface area contributed by atoms with Crippen LogP contribution in [0.25, 0.3) is 0 Å². The average Bonchev–Trinajstić information content (AvgIpc) is 3.35. The van der Waals surface area contributed by atoms with Gasteiger partial charge in [-0.15, -0.1) is 0 Å². The van der Waals surface area contributed by atoms with Gasteiger partial charge in [0.05, 0.1) is 22.5 Å². The van der Waals surface area contributed by atoms with Gasteiger partial charge in [-0.3, -0.25) is 14.5 Å². The molecule has 0 bridgehead atoms. The molecular weight excluding hydrogens is 522 g/mol. The van der Waals surface area contributed by atoms with Gasteiger partial charge in [0.1, 0.15) is 22.7 Å². The Kier molecular flexibility index (Phi) is 4.84. The highest BCUT2D eigenvalue weighted by molar-refractivity contribution is 6.37. The van der Waals surface area contributed by atoms with Crippen LogP contribution in [0.15, 0.2) is 24.3 Å². The maximum Gasteiger partial charge on any atom is 0.241 e. The van der Waals surface area contributed by atoms with E-state index in [1.165, 1.54) is 12.1 Å². The first-order valence-corrected chi connectivity index (χ1v) is 12.4. The van der Waals surface area contributed by atoms with E-state index in [4.69, 9.17) is 46.4 Å². The van der Waals surface area contributed by atoms with Gasteiger partial charge in [0, 0.05) is 34.3 Å². The third-order valence-corrected chi connectivity index (χ3v) is 8.56. The summed E-state index contributed by atoms with van der Waals surface area (Å²) >= 11 is 25.1. The van der Waals surface area contributed by atoms with Crippen molar-refractivity contribution < 1.29 is 14.7 Å². The molecule has 0 aliphatic carbocycles. The van der Waals surface area contributed by atoms with E-state index in [-0.39, 0.29) is 33.4 Å². The molecule has 3 fully saturated rings. The number of rotatable bonds is 1. The fourth-order valence-electron chi connectivity index (χ4n) is 6.64. The Hall–Kier alpha value is -1.61. The third kappa shape index (κ3) is 2.83. The van der Waals surface area contributed by atoms with Crippen molar-refractivity contribution in [1.82, 2.24) is 9.88 Å². The lowest BCUT2D eigenvalue weighted by Crippen LogP contribution is -2.56. The van der Waals surface area contributed by atoms with E-state index >= 15 is 0 Å². The molecule has 1 aromatic heterocycles. The van der Waals surface area contributed by atoms with E-state index in [9.17, 15) is 14.7 Å². The number of nitrogens with zero attached hydrogens (tertiary/aromatic N) is 3. The van der Waals surface area contributed by atoms with Crippen molar-refractivity contribution in [3.05, 3.63) is 50.0 Å². The molecule has 0 radical (unpaired) electrons. The second kappa shape index (κ2) is 7.21. The van der Waals surface area contributed by atoms with E-state index in [0.29, 0.717) is 34.3 Å². The van der Waals surface area contributed by atoms with Gasteiger partial charge in [0.2, 0.25) is 11.8 Å². The van der Waals surface area contributed by atoms with Gasteiger partial charge in [0.25, 0.3) is 0 Å². The zero-order valence-electron chi connectivity index (χ0n) is 18.2. The van der Waals surface area contributed by atoms with E-state index < -0.39 is 29.5 Å². The predicted molar refractivity (Wildman–Crippen MR) is 130 cm³/mol. The highest BCUT2D eigenvalue weighted by Gasteiger charge is 2.75. The van der Waals surface area contributed by atoms with Crippen molar-refractivity contribution in [1.29, 1.82) is 0 Å². The number of aromatic nitrogens is 1. The van der Waals surface area contributed by atoms with Crippen LogP contribution in [-0.4, -0.2) is 45.6 Å². The summed E-state index contributed by atoms with van der Waals surface area (Å²) in [4.78, 5) is 35.3. The summed E-state index contributed by atoms with van der Waals surface area (Å²) in [5.41, 5.74) is -0.225. The van der Waals surface area contributed by atoms with Crippen molar-refractivity contribution in [3.8, 4) is 0 Å². The summed E-state index contributed by atoms with van der Waals surface area (Å²) in [7, 11) is 0. The number of amides is 2. The van der Waals surface area contributed by atoms with Crippen molar-refractivity contribution >= 4 is 69.7 Å². The lowest BCUT2D eigenvalue weighted by molar-refractivity contribution is -0.127. The standard InChI is InChI=1S/C23H20Cl4N4O3/c1-22(2)7-13-16-17(20(33)31(19(16)32)15-6-10(25)5-14(27)28-15)23(30(13)8-22)11-3-9(24)4-12(26)18(11)29-21(23)34/h3-6,13,16-17,21,29,34H,7-8H2,1-2H3. The molecule has 178 valence electrons. The predicted octanol–water partition coefficient (Wildman–Crippen LogP) is 4.55. The molecule has 4 aliphatic heterocycles. The van der Waals surface area contributed by atoms with Crippen LogP contribution in [0, 0.1) is 17.3 Å². The average molecular weight is 542 g/mol. The Labute approximate surface area is 215 Å². The molecule has 11 heteroatoms. The fraction of sp³-hybridized carbons (Fsp3) is 0.435. The van der Waals surface area contributed by atoms with Crippen LogP contribution in [0.3, 0.4) is 0 Å². The first kappa shape index (κ1) is 22.8. The SMILES string of the molecule is CC1(C)CC2C3C(=O)N(c4cc(Cl)cc(Cl)n4)C(=O)C3C3(c4cc(Cl)cc(Cl)c4NC3O)N2C1. The van der Waals surface area contributed by atoms with E-state index in [0.717, 1.165) is 4.90 Å². The number of benzene rings is 1. The van der Waals surface area contributed by atoms with Crippen LogP contribution in [-0.2, 0) is 15.1 Å². The van der Waals surface area contributed by atoms with Crippen LogP contribution in [0.5, 0.6) is 0 Å². The number of anilines is 2. The minimum atomic E-state index is -1.23. The summed E-state index contributed by atoms with van der Waals surface area (Å²) in [6.45, 7) is 4.83. The molecule has 6 rings (SSSR count). The molecule has 2 aromatic rings. The molecule has 5 unspecified atom stereocenters. The number of hydrogen-bond donors (Lipinski definition) is 2. The number of fused-ring (bicyclic) bond motifs is 7. The Bertz CT molecular complexity index is 1270. The van der Waals surface area contributed by atoms with Gasteiger partial charge < -0.3 is 10.4 Å². The summed E-state index contributed by atoms with van der Waals surface area (Å²) in [6, 6.07) is 5.93. The fourth-order valence-corrected chi connectivity index (χ4v) is 7.65. The van der Waals surface area contributed by atoms with Crippen LogP contribution in [0.4, 0.5) is 11.5 Å². The maximum atomic E-state index is 14.0. The van der Waals surface area contributed by atoms with Crippen molar-refractivity contribution in [2.45, 2.75) is 38.1 Å². The van der Waals surface area contributed by atoms with Crippen LogP contribution in [0.2, 0.25) is 20.2 Å². The van der Waals surface area contributed by atoms with Gasteiger partial charge in [-0.1, -0.05) is 60.3 Å². The number of halogens is 4. The Balaban J connectivity index is 1.59. The van der Waals surface area contributed by atoms with Crippen LogP contribution < -0.4 is 10.2 Å². The number of aliphatic hydroxyl groups excluding tert-OH is 1. The summed E-state index contributed by atoms with van der Waals surface area (Å²) < 4.78 is 0. The van der Waals surface area contributed by atoms with Crippen LogP contribution in [0.1, 0.15) is 25.8 Å². The van der Waals surface area contributed by atoms with E-state index in [1.54, 1.807) is 12.1 Å². The van der Waals surface area contributed by atoms with Gasteiger partial charge >= 0.3 is 0 Å². The molecule has 1 aromatic carbocycles. The molecule has 4 aliphatic rings. The number of aliphatic hydroxyl groups is 1. The first-order valence-electron chi connectivity index (χ1n) is 10.9. The van der Waals surface area contributed by atoms with Crippen molar-refractivity contribution in [2.24, 2.45) is 17.3 Å². The maximum absolute atomic E-state index is 14.0. The minimum Gasteiger partial charge on any atom is -0.371 e. The quantitative estimate of drug-likeness (QED) is 0.407. The molecule has 0 saturated carbocycles. The van der Waals surface area contributed by atoms with Gasteiger partial charge in [-0.25, -0.2) is 9.88 Å². The van der Waals surface area contributed by atoms with E-state index in [1.807, 2.05) is 0 Å². The molecule has 3 saturated heterocycles. The second-order valence-corrected chi connectivity index (χ2v) is 11.9. The monoisotopic (exact) mass is 540 g/mol. The number of carbonyl (C=O) groups is 2. The highest BCUT2D eigenvalue weighted by atomic mass is 35.5. The summed E-state index contributed by atoms with van der Waals surface area (Å²) in [5, 5.41) is 15.7. The van der Waals surface area contributed by atoms with E-state index in [2.05, 4.69) is 29.0 Å². The zero-order chi connectivity index (χ0) is 24.3.